The lowest BCUT2D eigenvalue weighted by Crippen LogP contribution is -2.49. The Kier molecular flexibility index (Phi) is 5.23. The molecule has 1 saturated carbocycles. The van der Waals surface area contributed by atoms with Gasteiger partial charge in [-0.1, -0.05) is 43.2 Å². The van der Waals surface area contributed by atoms with Gasteiger partial charge in [-0.25, -0.2) is 4.79 Å². The predicted octanol–water partition coefficient (Wildman–Crippen LogP) is 2.91. The second-order valence-corrected chi connectivity index (χ2v) is 6.38. The normalized spacial score (nSPS) is 17.0. The zero-order valence-electron chi connectivity index (χ0n) is 13.0. The summed E-state index contributed by atoms with van der Waals surface area (Å²) in [7, 11) is 0. The van der Waals surface area contributed by atoms with Crippen LogP contribution in [0, 0.1) is 0 Å². The fourth-order valence-corrected chi connectivity index (χ4v) is 2.89. The maximum atomic E-state index is 12.4. The van der Waals surface area contributed by atoms with E-state index in [9.17, 15) is 9.90 Å². The number of nitrogens with one attached hydrogen (secondary N) is 1. The molecule has 1 aliphatic rings. The summed E-state index contributed by atoms with van der Waals surface area (Å²) in [5.41, 5.74) is 0.362. The summed E-state index contributed by atoms with van der Waals surface area (Å²) in [6, 6.07) is 9.91. The van der Waals surface area contributed by atoms with Crippen molar-refractivity contribution in [2.45, 2.75) is 57.7 Å². The molecule has 0 spiro atoms. The summed E-state index contributed by atoms with van der Waals surface area (Å²) in [6.07, 6.45) is 3.66. The Balaban J connectivity index is 2.07. The first-order chi connectivity index (χ1) is 9.98. The molecule has 0 heterocycles. The molecule has 4 heteroatoms. The summed E-state index contributed by atoms with van der Waals surface area (Å²) in [6.45, 7) is 4.83. The van der Waals surface area contributed by atoms with Crippen molar-refractivity contribution in [1.82, 2.24) is 10.2 Å². The topological polar surface area (TPSA) is 52.6 Å². The molecule has 0 radical (unpaired) electrons. The molecule has 0 saturated heterocycles. The van der Waals surface area contributed by atoms with Crippen LogP contribution in [0.25, 0.3) is 0 Å². The van der Waals surface area contributed by atoms with Gasteiger partial charge in [0.2, 0.25) is 0 Å². The Labute approximate surface area is 127 Å². The van der Waals surface area contributed by atoms with E-state index in [1.165, 1.54) is 0 Å². The smallest absolute Gasteiger partial charge is 0.317 e. The highest BCUT2D eigenvalue weighted by Gasteiger charge is 2.34. The molecule has 1 aliphatic carbocycles. The van der Waals surface area contributed by atoms with Crippen LogP contribution in [0.4, 0.5) is 4.79 Å². The maximum absolute atomic E-state index is 12.4. The van der Waals surface area contributed by atoms with Crippen LogP contribution in [-0.2, 0) is 6.54 Å². The minimum absolute atomic E-state index is 0.0917. The first-order valence-electron chi connectivity index (χ1n) is 7.80. The lowest BCUT2D eigenvalue weighted by Gasteiger charge is -2.32. The minimum Gasteiger partial charge on any atom is -0.388 e. The van der Waals surface area contributed by atoms with E-state index in [-0.39, 0.29) is 12.1 Å². The van der Waals surface area contributed by atoms with E-state index in [2.05, 4.69) is 5.32 Å². The molecule has 2 amide bonds. The molecule has 1 aromatic rings. The Hall–Kier alpha value is -1.55. The molecular weight excluding hydrogens is 264 g/mol. The number of hydrogen-bond acceptors (Lipinski definition) is 2. The second kappa shape index (κ2) is 6.94. The molecule has 2 N–H and O–H groups in total. The van der Waals surface area contributed by atoms with Gasteiger partial charge < -0.3 is 15.3 Å². The Bertz CT molecular complexity index is 453. The number of carbonyl (C=O) groups is 1. The molecule has 4 nitrogen and oxygen atoms in total. The van der Waals surface area contributed by atoms with Crippen molar-refractivity contribution < 1.29 is 9.90 Å². The average molecular weight is 290 g/mol. The Morgan fingerprint density at radius 2 is 1.90 bits per heavy atom. The number of benzene rings is 1. The third kappa shape index (κ3) is 4.74. The summed E-state index contributed by atoms with van der Waals surface area (Å²) < 4.78 is 0. The van der Waals surface area contributed by atoms with Crippen LogP contribution in [0.1, 0.15) is 45.1 Å². The van der Waals surface area contributed by atoms with Crippen LogP contribution in [0.15, 0.2) is 30.3 Å². The standard InChI is InChI=1S/C17H26N2O2/c1-14(2)18-16(20)19(12-15-8-4-3-5-9-15)13-17(21)10-6-7-11-17/h3-5,8-9,14,21H,6-7,10-13H2,1-2H3,(H,18,20). The molecule has 21 heavy (non-hydrogen) atoms. The molecule has 0 unspecified atom stereocenters. The van der Waals surface area contributed by atoms with Gasteiger partial charge in [-0.05, 0) is 32.3 Å². The molecule has 0 bridgehead atoms. The number of carbonyl (C=O) groups excluding carboxylic acids is 1. The number of urea groups is 1. The SMILES string of the molecule is CC(C)NC(=O)N(Cc1ccccc1)CC1(O)CCCC1. The molecular formula is C17H26N2O2. The third-order valence-electron chi connectivity index (χ3n) is 3.94. The van der Waals surface area contributed by atoms with E-state index in [4.69, 9.17) is 0 Å². The zero-order valence-corrected chi connectivity index (χ0v) is 13.0. The van der Waals surface area contributed by atoms with Crippen molar-refractivity contribution in [3.05, 3.63) is 35.9 Å². The van der Waals surface area contributed by atoms with Crippen LogP contribution >= 0.6 is 0 Å². The number of hydrogen-bond donors (Lipinski definition) is 2. The summed E-state index contributed by atoms with van der Waals surface area (Å²) in [5.74, 6) is 0. The maximum Gasteiger partial charge on any atom is 0.317 e. The van der Waals surface area contributed by atoms with E-state index in [1.807, 2.05) is 44.2 Å². The first kappa shape index (κ1) is 15.8. The van der Waals surface area contributed by atoms with E-state index >= 15 is 0 Å². The highest BCUT2D eigenvalue weighted by Crippen LogP contribution is 2.30. The van der Waals surface area contributed by atoms with E-state index in [0.717, 1.165) is 31.2 Å². The molecule has 0 aliphatic heterocycles. The number of aliphatic hydroxyl groups is 1. The zero-order chi connectivity index (χ0) is 15.3. The van der Waals surface area contributed by atoms with Gasteiger partial charge >= 0.3 is 6.03 Å². The van der Waals surface area contributed by atoms with Crippen molar-refractivity contribution in [3.63, 3.8) is 0 Å². The minimum atomic E-state index is -0.719. The van der Waals surface area contributed by atoms with Crippen molar-refractivity contribution in [3.8, 4) is 0 Å². The number of rotatable bonds is 5. The Morgan fingerprint density at radius 3 is 2.48 bits per heavy atom. The average Bonchev–Trinajstić information content (AvgIpc) is 2.85. The molecule has 1 fully saturated rings. The van der Waals surface area contributed by atoms with Gasteiger partial charge in [0, 0.05) is 12.6 Å². The Morgan fingerprint density at radius 1 is 1.29 bits per heavy atom. The van der Waals surface area contributed by atoms with Gasteiger partial charge in [-0.3, -0.25) is 0 Å². The molecule has 0 aromatic heterocycles. The van der Waals surface area contributed by atoms with E-state index in [0.29, 0.717) is 13.1 Å². The monoisotopic (exact) mass is 290 g/mol. The molecule has 116 valence electrons. The van der Waals surface area contributed by atoms with Crippen LogP contribution in [0.5, 0.6) is 0 Å². The van der Waals surface area contributed by atoms with Crippen molar-refractivity contribution in [2.75, 3.05) is 6.54 Å². The van der Waals surface area contributed by atoms with E-state index in [1.54, 1.807) is 4.90 Å². The first-order valence-corrected chi connectivity index (χ1v) is 7.80. The van der Waals surface area contributed by atoms with Gasteiger partial charge in [0.15, 0.2) is 0 Å². The van der Waals surface area contributed by atoms with Gasteiger partial charge in [0.05, 0.1) is 12.1 Å². The lowest BCUT2D eigenvalue weighted by atomic mass is 10.0. The van der Waals surface area contributed by atoms with Gasteiger partial charge in [0.25, 0.3) is 0 Å². The largest absolute Gasteiger partial charge is 0.388 e. The second-order valence-electron chi connectivity index (χ2n) is 6.38. The van der Waals surface area contributed by atoms with Crippen molar-refractivity contribution >= 4 is 6.03 Å². The summed E-state index contributed by atoms with van der Waals surface area (Å²) in [4.78, 5) is 14.1. The van der Waals surface area contributed by atoms with Gasteiger partial charge in [-0.2, -0.15) is 0 Å². The van der Waals surface area contributed by atoms with Crippen LogP contribution in [0.3, 0.4) is 0 Å². The summed E-state index contributed by atoms with van der Waals surface area (Å²) in [5, 5.41) is 13.5. The van der Waals surface area contributed by atoms with Crippen LogP contribution < -0.4 is 5.32 Å². The molecule has 1 aromatic carbocycles. The fraction of sp³-hybridized carbons (Fsp3) is 0.588. The lowest BCUT2D eigenvalue weighted by molar-refractivity contribution is 0.0173. The number of nitrogens with zero attached hydrogens (tertiary/aromatic N) is 1. The van der Waals surface area contributed by atoms with Gasteiger partial charge in [-0.15, -0.1) is 0 Å². The quantitative estimate of drug-likeness (QED) is 0.876. The molecule has 0 atom stereocenters. The fourth-order valence-electron chi connectivity index (χ4n) is 2.89. The van der Waals surface area contributed by atoms with Crippen LogP contribution in [0.2, 0.25) is 0 Å². The van der Waals surface area contributed by atoms with E-state index < -0.39 is 5.60 Å². The highest BCUT2D eigenvalue weighted by atomic mass is 16.3. The third-order valence-corrected chi connectivity index (χ3v) is 3.94. The van der Waals surface area contributed by atoms with Gasteiger partial charge in [0.1, 0.15) is 0 Å². The van der Waals surface area contributed by atoms with Crippen molar-refractivity contribution in [1.29, 1.82) is 0 Å². The van der Waals surface area contributed by atoms with Crippen LogP contribution in [-0.4, -0.2) is 34.2 Å². The summed E-state index contributed by atoms with van der Waals surface area (Å²) >= 11 is 0. The van der Waals surface area contributed by atoms with Crippen molar-refractivity contribution in [2.24, 2.45) is 0 Å². The highest BCUT2D eigenvalue weighted by molar-refractivity contribution is 5.74. The number of amides is 2. The predicted molar refractivity (Wildman–Crippen MR) is 83.9 cm³/mol. The molecule has 2 rings (SSSR count).